The Morgan fingerprint density at radius 3 is 2.29 bits per heavy atom. The number of fused-ring (bicyclic) bond motifs is 1. The average Bonchev–Trinajstić information content (AvgIpc) is 2.84. The van der Waals surface area contributed by atoms with Gasteiger partial charge >= 0.3 is 5.51 Å². The fourth-order valence-corrected chi connectivity index (χ4v) is 4.18. The zero-order valence-corrected chi connectivity index (χ0v) is 16.1. The predicted octanol–water partition coefficient (Wildman–Crippen LogP) is 0.907. The number of alkyl halides is 3. The molecule has 2 aromatic rings. The SMILES string of the molecule is Nc1c2c(cc(=O)n1-c1cc(S(=O)(=O)C(F)(F)F)cc(I)c1O)C(=O)NC2=O. The van der Waals surface area contributed by atoms with Gasteiger partial charge in [0, 0.05) is 6.07 Å². The van der Waals surface area contributed by atoms with Crippen molar-refractivity contribution in [2.24, 2.45) is 0 Å². The lowest BCUT2D eigenvalue weighted by Crippen LogP contribution is -2.26. The number of halogens is 4. The minimum Gasteiger partial charge on any atom is -0.505 e. The van der Waals surface area contributed by atoms with E-state index in [1.165, 1.54) is 22.6 Å². The number of nitrogens with zero attached hydrogens (tertiary/aromatic N) is 1. The Balaban J connectivity index is 2.39. The molecule has 0 saturated carbocycles. The van der Waals surface area contributed by atoms with Gasteiger partial charge in [-0.3, -0.25) is 24.3 Å². The molecule has 4 N–H and O–H groups in total. The number of nitrogens with one attached hydrogen (secondary N) is 1. The molecular formula is C14H7F3IN3O6S. The molecule has 0 saturated heterocycles. The van der Waals surface area contributed by atoms with E-state index in [4.69, 9.17) is 5.73 Å². The van der Waals surface area contributed by atoms with Crippen LogP contribution in [0.3, 0.4) is 0 Å². The highest BCUT2D eigenvalue weighted by molar-refractivity contribution is 14.1. The summed E-state index contributed by atoms with van der Waals surface area (Å²) in [6, 6.07) is 1.66. The first-order valence-corrected chi connectivity index (χ1v) is 9.59. The number of hydrogen-bond acceptors (Lipinski definition) is 7. The monoisotopic (exact) mass is 529 g/mol. The van der Waals surface area contributed by atoms with E-state index in [-0.39, 0.29) is 9.13 Å². The first-order chi connectivity index (χ1) is 12.8. The number of benzene rings is 1. The van der Waals surface area contributed by atoms with Crippen molar-refractivity contribution in [2.75, 3.05) is 5.73 Å². The fraction of sp³-hybridized carbons (Fsp3) is 0.0714. The molecule has 2 heterocycles. The summed E-state index contributed by atoms with van der Waals surface area (Å²) >= 11 is 1.37. The van der Waals surface area contributed by atoms with Gasteiger partial charge < -0.3 is 10.8 Å². The highest BCUT2D eigenvalue weighted by atomic mass is 127. The first kappa shape index (κ1) is 20.1. The smallest absolute Gasteiger partial charge is 0.501 e. The van der Waals surface area contributed by atoms with Crippen molar-refractivity contribution in [1.82, 2.24) is 9.88 Å². The summed E-state index contributed by atoms with van der Waals surface area (Å²) in [5.41, 5.74) is -2.44. The zero-order valence-electron chi connectivity index (χ0n) is 13.2. The second-order valence-electron chi connectivity index (χ2n) is 5.50. The number of phenols is 1. The molecule has 2 amide bonds. The number of phenolic OH excluding ortho intramolecular Hbond substituents is 1. The summed E-state index contributed by atoms with van der Waals surface area (Å²) < 4.78 is 62.2. The van der Waals surface area contributed by atoms with Gasteiger partial charge in [-0.05, 0) is 34.7 Å². The van der Waals surface area contributed by atoms with E-state index in [9.17, 15) is 41.1 Å². The van der Waals surface area contributed by atoms with Crippen molar-refractivity contribution in [3.05, 3.63) is 43.2 Å². The Kier molecular flexibility index (Phi) is 4.45. The Hall–Kier alpha value is -2.62. The first-order valence-electron chi connectivity index (χ1n) is 7.03. The molecule has 1 aromatic carbocycles. The topological polar surface area (TPSA) is 149 Å². The number of rotatable bonds is 2. The quantitative estimate of drug-likeness (QED) is 0.387. The molecule has 148 valence electrons. The molecule has 0 fully saturated rings. The number of carbonyl (C=O) groups excluding carboxylic acids is 2. The maximum atomic E-state index is 12.9. The molecule has 0 unspecified atom stereocenters. The van der Waals surface area contributed by atoms with Crippen molar-refractivity contribution in [1.29, 1.82) is 0 Å². The third kappa shape index (κ3) is 2.83. The molecule has 0 spiro atoms. The van der Waals surface area contributed by atoms with E-state index < -0.39 is 60.4 Å². The number of aromatic hydroxyl groups is 1. The molecule has 1 aromatic heterocycles. The molecule has 1 aliphatic heterocycles. The van der Waals surface area contributed by atoms with Crippen LogP contribution in [-0.2, 0) is 9.84 Å². The molecule has 3 rings (SSSR count). The van der Waals surface area contributed by atoms with Crippen LogP contribution in [0.5, 0.6) is 5.75 Å². The lowest BCUT2D eigenvalue weighted by Gasteiger charge is -2.16. The molecule has 0 atom stereocenters. The van der Waals surface area contributed by atoms with Crippen molar-refractivity contribution in [2.45, 2.75) is 10.4 Å². The molecule has 0 radical (unpaired) electrons. The number of aromatic nitrogens is 1. The number of amides is 2. The van der Waals surface area contributed by atoms with Crippen molar-refractivity contribution in [3.63, 3.8) is 0 Å². The van der Waals surface area contributed by atoms with E-state index in [2.05, 4.69) is 0 Å². The van der Waals surface area contributed by atoms with Crippen LogP contribution in [0.1, 0.15) is 20.7 Å². The van der Waals surface area contributed by atoms with E-state index in [0.717, 1.165) is 0 Å². The largest absolute Gasteiger partial charge is 0.505 e. The summed E-state index contributed by atoms with van der Waals surface area (Å²) in [4.78, 5) is 34.7. The van der Waals surface area contributed by atoms with Gasteiger partial charge in [0.25, 0.3) is 27.2 Å². The van der Waals surface area contributed by atoms with Crippen LogP contribution in [0.2, 0.25) is 0 Å². The van der Waals surface area contributed by atoms with Gasteiger partial charge in [-0.2, -0.15) is 13.2 Å². The standard InChI is InChI=1S/C14H7F3IN3O6S/c15-14(16,17)28(26,27)4-1-6(18)10(23)7(2-4)21-8(22)3-5-9(11(21)19)13(25)20-12(5)24/h1-3,23H,19H2,(H,20,24,25). The zero-order chi connectivity index (χ0) is 21.2. The summed E-state index contributed by atoms with van der Waals surface area (Å²) in [5.74, 6) is -3.26. The van der Waals surface area contributed by atoms with E-state index in [1.807, 2.05) is 5.32 Å². The Bertz CT molecular complexity index is 1240. The fourth-order valence-electron chi connectivity index (χ4n) is 2.55. The maximum Gasteiger partial charge on any atom is 0.501 e. The van der Waals surface area contributed by atoms with Crippen molar-refractivity contribution in [3.8, 4) is 11.4 Å². The lowest BCUT2D eigenvalue weighted by molar-refractivity contribution is -0.0436. The third-order valence-electron chi connectivity index (χ3n) is 3.83. The van der Waals surface area contributed by atoms with Gasteiger partial charge in [0.1, 0.15) is 5.82 Å². The summed E-state index contributed by atoms with van der Waals surface area (Å²) in [6.07, 6.45) is 0. The maximum absolute atomic E-state index is 12.9. The van der Waals surface area contributed by atoms with Gasteiger partial charge in [-0.1, -0.05) is 0 Å². The summed E-state index contributed by atoms with van der Waals surface area (Å²) in [6.45, 7) is 0. The van der Waals surface area contributed by atoms with Crippen LogP contribution < -0.4 is 16.6 Å². The van der Waals surface area contributed by atoms with E-state index in [0.29, 0.717) is 22.8 Å². The highest BCUT2D eigenvalue weighted by Crippen LogP contribution is 2.37. The highest BCUT2D eigenvalue weighted by Gasteiger charge is 2.47. The van der Waals surface area contributed by atoms with Crippen LogP contribution >= 0.6 is 22.6 Å². The second-order valence-corrected chi connectivity index (χ2v) is 8.60. The molecule has 9 nitrogen and oxygen atoms in total. The second kappa shape index (κ2) is 6.20. The van der Waals surface area contributed by atoms with E-state index in [1.54, 1.807) is 0 Å². The number of imide groups is 1. The number of nitrogen functional groups attached to an aromatic ring is 1. The molecular weight excluding hydrogens is 522 g/mol. The average molecular weight is 529 g/mol. The Labute approximate surface area is 167 Å². The number of anilines is 1. The molecule has 0 bridgehead atoms. The number of carbonyl (C=O) groups is 2. The number of nitrogens with two attached hydrogens (primary N) is 1. The van der Waals surface area contributed by atoms with Gasteiger partial charge in [0.2, 0.25) is 0 Å². The normalized spacial score (nSPS) is 14.1. The lowest BCUT2D eigenvalue weighted by atomic mass is 10.1. The minimum absolute atomic E-state index is 0.328. The van der Waals surface area contributed by atoms with Gasteiger partial charge in [-0.25, -0.2) is 8.42 Å². The Morgan fingerprint density at radius 1 is 1.11 bits per heavy atom. The minimum atomic E-state index is -5.81. The molecule has 1 aliphatic rings. The van der Waals surface area contributed by atoms with Gasteiger partial charge in [0.15, 0.2) is 5.75 Å². The molecule has 28 heavy (non-hydrogen) atoms. The van der Waals surface area contributed by atoms with Gasteiger partial charge in [0.05, 0.1) is 25.3 Å². The molecule has 0 aliphatic carbocycles. The van der Waals surface area contributed by atoms with Crippen molar-refractivity contribution < 1.29 is 36.3 Å². The van der Waals surface area contributed by atoms with Crippen LogP contribution in [0, 0.1) is 3.57 Å². The number of pyridine rings is 1. The molecule has 14 heteroatoms. The van der Waals surface area contributed by atoms with Gasteiger partial charge in [-0.15, -0.1) is 0 Å². The summed E-state index contributed by atoms with van der Waals surface area (Å²) in [7, 11) is -5.81. The number of hydrogen-bond donors (Lipinski definition) is 3. The van der Waals surface area contributed by atoms with Crippen LogP contribution in [0.4, 0.5) is 19.0 Å². The van der Waals surface area contributed by atoms with E-state index >= 15 is 0 Å². The third-order valence-corrected chi connectivity index (χ3v) is 6.11. The predicted molar refractivity (Wildman–Crippen MR) is 95.9 cm³/mol. The van der Waals surface area contributed by atoms with Crippen LogP contribution in [-0.4, -0.2) is 35.4 Å². The van der Waals surface area contributed by atoms with Crippen LogP contribution in [0.25, 0.3) is 5.69 Å². The number of sulfone groups is 1. The summed E-state index contributed by atoms with van der Waals surface area (Å²) in [5, 5.41) is 12.1. The van der Waals surface area contributed by atoms with Crippen molar-refractivity contribution >= 4 is 50.1 Å². The van der Waals surface area contributed by atoms with Crippen LogP contribution in [0.15, 0.2) is 27.9 Å². The Morgan fingerprint density at radius 2 is 1.71 bits per heavy atom.